The molecule has 1 saturated carbocycles. The third-order valence-electron chi connectivity index (χ3n) is 3.34. The first kappa shape index (κ1) is 13.3. The second-order valence-corrected chi connectivity index (χ2v) is 5.78. The van der Waals surface area contributed by atoms with Gasteiger partial charge in [-0.15, -0.1) is 0 Å². The highest BCUT2D eigenvalue weighted by Crippen LogP contribution is 2.36. The van der Waals surface area contributed by atoms with Gasteiger partial charge in [0.05, 0.1) is 0 Å². The minimum Gasteiger partial charge on any atom is -0.329 e. The number of hydrogen-bond acceptors (Lipinski definition) is 3. The van der Waals surface area contributed by atoms with Crippen LogP contribution in [-0.4, -0.2) is 31.1 Å². The summed E-state index contributed by atoms with van der Waals surface area (Å²) in [6, 6.07) is 0.540. The van der Waals surface area contributed by atoms with Crippen molar-refractivity contribution in [3.63, 3.8) is 0 Å². The molecular formula is C12H26N2S. The highest BCUT2D eigenvalue weighted by Gasteiger charge is 2.27. The second kappa shape index (κ2) is 7.53. The molecule has 2 nitrogen and oxygen atoms in total. The van der Waals surface area contributed by atoms with Crippen molar-refractivity contribution in [1.29, 1.82) is 0 Å². The standard InChI is InChI=1S/C12H26N2S/c1-10(11-5-6-11)9-14-12(8-13)4-3-7-15-2/h10-12,14H,3-9,13H2,1-2H3. The predicted molar refractivity (Wildman–Crippen MR) is 70.3 cm³/mol. The van der Waals surface area contributed by atoms with Gasteiger partial charge in [0.15, 0.2) is 0 Å². The van der Waals surface area contributed by atoms with Crippen molar-refractivity contribution in [2.75, 3.05) is 25.1 Å². The lowest BCUT2D eigenvalue weighted by atomic mass is 10.1. The molecule has 1 aliphatic rings. The molecule has 0 heterocycles. The van der Waals surface area contributed by atoms with E-state index in [2.05, 4.69) is 18.5 Å². The molecule has 1 aliphatic carbocycles. The van der Waals surface area contributed by atoms with E-state index in [1.165, 1.54) is 31.4 Å². The SMILES string of the molecule is CSCCCC(CN)NCC(C)C1CC1. The summed E-state index contributed by atoms with van der Waals surface area (Å²) < 4.78 is 0. The Hall–Kier alpha value is 0.270. The first-order chi connectivity index (χ1) is 7.27. The Morgan fingerprint density at radius 1 is 1.47 bits per heavy atom. The molecule has 0 amide bonds. The third-order valence-corrected chi connectivity index (χ3v) is 4.04. The Morgan fingerprint density at radius 2 is 2.20 bits per heavy atom. The van der Waals surface area contributed by atoms with Crippen LogP contribution in [0.15, 0.2) is 0 Å². The van der Waals surface area contributed by atoms with Crippen molar-refractivity contribution in [3.8, 4) is 0 Å². The topological polar surface area (TPSA) is 38.0 Å². The van der Waals surface area contributed by atoms with Gasteiger partial charge in [-0.1, -0.05) is 6.92 Å². The van der Waals surface area contributed by atoms with Gasteiger partial charge in [-0.2, -0.15) is 11.8 Å². The molecule has 0 aliphatic heterocycles. The Balaban J connectivity index is 2.03. The lowest BCUT2D eigenvalue weighted by molar-refractivity contribution is 0.403. The molecule has 3 N–H and O–H groups in total. The average molecular weight is 230 g/mol. The van der Waals surface area contributed by atoms with Crippen molar-refractivity contribution in [2.45, 2.75) is 38.6 Å². The van der Waals surface area contributed by atoms with Gasteiger partial charge >= 0.3 is 0 Å². The Labute approximate surface area is 98.8 Å². The second-order valence-electron chi connectivity index (χ2n) is 4.79. The lowest BCUT2D eigenvalue weighted by Crippen LogP contribution is -2.38. The smallest absolute Gasteiger partial charge is 0.0190 e. The van der Waals surface area contributed by atoms with Crippen molar-refractivity contribution in [1.82, 2.24) is 5.32 Å². The number of thioether (sulfide) groups is 1. The van der Waals surface area contributed by atoms with E-state index in [0.717, 1.165) is 24.9 Å². The fraction of sp³-hybridized carbons (Fsp3) is 1.00. The minimum atomic E-state index is 0.540. The van der Waals surface area contributed by atoms with Crippen molar-refractivity contribution in [2.24, 2.45) is 17.6 Å². The quantitative estimate of drug-likeness (QED) is 0.596. The highest BCUT2D eigenvalue weighted by atomic mass is 32.2. The Morgan fingerprint density at radius 3 is 2.73 bits per heavy atom. The largest absolute Gasteiger partial charge is 0.329 e. The summed E-state index contributed by atoms with van der Waals surface area (Å²) >= 11 is 1.92. The molecule has 0 bridgehead atoms. The molecule has 90 valence electrons. The zero-order chi connectivity index (χ0) is 11.1. The van der Waals surface area contributed by atoms with Gasteiger partial charge in [-0.25, -0.2) is 0 Å². The molecule has 2 unspecified atom stereocenters. The zero-order valence-corrected chi connectivity index (χ0v) is 11.0. The molecular weight excluding hydrogens is 204 g/mol. The summed E-state index contributed by atoms with van der Waals surface area (Å²) in [6.07, 6.45) is 7.58. The highest BCUT2D eigenvalue weighted by molar-refractivity contribution is 7.98. The number of nitrogens with one attached hydrogen (secondary N) is 1. The van der Waals surface area contributed by atoms with E-state index in [1.807, 2.05) is 11.8 Å². The van der Waals surface area contributed by atoms with E-state index in [-0.39, 0.29) is 0 Å². The van der Waals surface area contributed by atoms with Crippen molar-refractivity contribution in [3.05, 3.63) is 0 Å². The maximum atomic E-state index is 5.76. The van der Waals surface area contributed by atoms with Crippen LogP contribution in [0.2, 0.25) is 0 Å². The van der Waals surface area contributed by atoms with E-state index < -0.39 is 0 Å². The predicted octanol–water partition coefficient (Wildman–Crippen LogP) is 2.09. The number of hydrogen-bond donors (Lipinski definition) is 2. The van der Waals surface area contributed by atoms with Crippen molar-refractivity contribution < 1.29 is 0 Å². The van der Waals surface area contributed by atoms with E-state index in [0.29, 0.717) is 6.04 Å². The van der Waals surface area contributed by atoms with Gasteiger partial charge in [-0.3, -0.25) is 0 Å². The summed E-state index contributed by atoms with van der Waals surface area (Å²) in [6.45, 7) is 4.30. The van der Waals surface area contributed by atoms with E-state index >= 15 is 0 Å². The van der Waals surface area contributed by atoms with Gasteiger partial charge in [-0.05, 0) is 56.1 Å². The summed E-state index contributed by atoms with van der Waals surface area (Å²) in [5, 5.41) is 3.62. The molecule has 0 radical (unpaired) electrons. The molecule has 1 rings (SSSR count). The summed E-state index contributed by atoms with van der Waals surface area (Å²) in [7, 11) is 0. The molecule has 0 saturated heterocycles. The van der Waals surface area contributed by atoms with Gasteiger partial charge in [0.25, 0.3) is 0 Å². The molecule has 2 atom stereocenters. The van der Waals surface area contributed by atoms with E-state index in [1.54, 1.807) is 0 Å². The van der Waals surface area contributed by atoms with Crippen LogP contribution in [0.3, 0.4) is 0 Å². The fourth-order valence-corrected chi connectivity index (χ4v) is 2.42. The average Bonchev–Trinajstić information content (AvgIpc) is 3.06. The maximum absolute atomic E-state index is 5.76. The van der Waals surface area contributed by atoms with Gasteiger partial charge in [0.2, 0.25) is 0 Å². The molecule has 0 aromatic heterocycles. The Bertz CT molecular complexity index is 160. The van der Waals surface area contributed by atoms with Gasteiger partial charge < -0.3 is 11.1 Å². The van der Waals surface area contributed by atoms with Crippen LogP contribution in [0.4, 0.5) is 0 Å². The van der Waals surface area contributed by atoms with E-state index in [9.17, 15) is 0 Å². The van der Waals surface area contributed by atoms with Crippen molar-refractivity contribution >= 4 is 11.8 Å². The fourth-order valence-electron chi connectivity index (χ4n) is 1.96. The maximum Gasteiger partial charge on any atom is 0.0190 e. The summed E-state index contributed by atoms with van der Waals surface area (Å²) in [5.74, 6) is 3.11. The van der Waals surface area contributed by atoms with Gasteiger partial charge in [0, 0.05) is 12.6 Å². The molecule has 1 fully saturated rings. The first-order valence-corrected chi connectivity index (χ1v) is 7.59. The summed E-state index contributed by atoms with van der Waals surface area (Å²) in [4.78, 5) is 0. The van der Waals surface area contributed by atoms with Crippen LogP contribution < -0.4 is 11.1 Å². The van der Waals surface area contributed by atoms with E-state index in [4.69, 9.17) is 5.73 Å². The molecule has 15 heavy (non-hydrogen) atoms. The van der Waals surface area contributed by atoms with Crippen LogP contribution in [-0.2, 0) is 0 Å². The molecule has 3 heteroatoms. The van der Waals surface area contributed by atoms with Crippen LogP contribution in [0.1, 0.15) is 32.6 Å². The van der Waals surface area contributed by atoms with Crippen LogP contribution >= 0.6 is 11.8 Å². The first-order valence-electron chi connectivity index (χ1n) is 6.20. The van der Waals surface area contributed by atoms with Crippen LogP contribution in [0.25, 0.3) is 0 Å². The van der Waals surface area contributed by atoms with Crippen LogP contribution in [0.5, 0.6) is 0 Å². The monoisotopic (exact) mass is 230 g/mol. The lowest BCUT2D eigenvalue weighted by Gasteiger charge is -2.19. The van der Waals surface area contributed by atoms with Crippen LogP contribution in [0, 0.1) is 11.8 Å². The molecule has 0 spiro atoms. The molecule has 0 aromatic rings. The van der Waals surface area contributed by atoms with Gasteiger partial charge in [0.1, 0.15) is 0 Å². The Kier molecular flexibility index (Phi) is 6.69. The zero-order valence-electron chi connectivity index (χ0n) is 10.2. The minimum absolute atomic E-state index is 0.540. The number of rotatable bonds is 9. The normalized spacial score (nSPS) is 20.2. The number of nitrogens with two attached hydrogens (primary N) is 1. The summed E-state index contributed by atoms with van der Waals surface area (Å²) in [5.41, 5.74) is 5.76. The third kappa shape index (κ3) is 5.79. The molecule has 0 aromatic carbocycles.